The molecule has 0 aliphatic heterocycles. The third-order valence-electron chi connectivity index (χ3n) is 3.10. The highest BCUT2D eigenvalue weighted by Gasteiger charge is 2.23. The maximum Gasteiger partial charge on any atom is 0.104 e. The highest BCUT2D eigenvalue weighted by atomic mass is 79.9. The van der Waals surface area contributed by atoms with Gasteiger partial charge in [-0.25, -0.2) is 0 Å². The largest absolute Gasteiger partial charge is 0.386 e. The topological polar surface area (TPSA) is 40.5 Å². The molecule has 0 saturated heterocycles. The second-order valence-electron chi connectivity index (χ2n) is 5.10. The highest BCUT2D eigenvalue weighted by Crippen LogP contribution is 2.31. The van der Waals surface area contributed by atoms with E-state index in [1.807, 2.05) is 48.5 Å². The van der Waals surface area contributed by atoms with E-state index < -0.39 is 11.7 Å². The van der Waals surface area contributed by atoms with E-state index in [2.05, 4.69) is 15.9 Å². The standard InChI is InChI=1S/C16H17BrO2/c1-16(2,19)14-6-4-3-5-13(14)15(18)11-7-9-12(17)10-8-11/h3-10,15,18-19H,1-2H3. The van der Waals surface area contributed by atoms with Gasteiger partial charge in [0.2, 0.25) is 0 Å². The van der Waals surface area contributed by atoms with Crippen LogP contribution in [0.15, 0.2) is 53.0 Å². The number of rotatable bonds is 3. The lowest BCUT2D eigenvalue weighted by atomic mass is 9.88. The predicted octanol–water partition coefficient (Wildman–Crippen LogP) is 3.76. The summed E-state index contributed by atoms with van der Waals surface area (Å²) in [4.78, 5) is 0. The molecule has 0 radical (unpaired) electrons. The van der Waals surface area contributed by atoms with Gasteiger partial charge in [-0.3, -0.25) is 0 Å². The number of halogens is 1. The quantitative estimate of drug-likeness (QED) is 0.904. The lowest BCUT2D eigenvalue weighted by Gasteiger charge is -2.24. The van der Waals surface area contributed by atoms with E-state index in [1.165, 1.54) is 0 Å². The van der Waals surface area contributed by atoms with Crippen LogP contribution in [-0.4, -0.2) is 10.2 Å². The molecule has 100 valence electrons. The Bertz CT molecular complexity index is 556. The van der Waals surface area contributed by atoms with Crippen molar-refractivity contribution >= 4 is 15.9 Å². The first-order chi connectivity index (χ1) is 8.89. The SMILES string of the molecule is CC(C)(O)c1ccccc1C(O)c1ccc(Br)cc1. The molecule has 19 heavy (non-hydrogen) atoms. The van der Waals surface area contributed by atoms with Gasteiger partial charge in [0.05, 0.1) is 5.60 Å². The summed E-state index contributed by atoms with van der Waals surface area (Å²) >= 11 is 3.38. The van der Waals surface area contributed by atoms with Crippen LogP contribution < -0.4 is 0 Å². The molecule has 0 saturated carbocycles. The van der Waals surface area contributed by atoms with E-state index >= 15 is 0 Å². The molecule has 2 nitrogen and oxygen atoms in total. The van der Waals surface area contributed by atoms with Gasteiger partial charge in [-0.15, -0.1) is 0 Å². The van der Waals surface area contributed by atoms with Crippen molar-refractivity contribution in [2.75, 3.05) is 0 Å². The molecule has 2 rings (SSSR count). The molecular weight excluding hydrogens is 304 g/mol. The summed E-state index contributed by atoms with van der Waals surface area (Å²) in [6.45, 7) is 3.44. The van der Waals surface area contributed by atoms with Crippen molar-refractivity contribution in [1.82, 2.24) is 0 Å². The zero-order valence-corrected chi connectivity index (χ0v) is 12.6. The summed E-state index contributed by atoms with van der Waals surface area (Å²) in [6, 6.07) is 15.0. The van der Waals surface area contributed by atoms with Crippen LogP contribution in [0, 0.1) is 0 Å². The van der Waals surface area contributed by atoms with Gasteiger partial charge < -0.3 is 10.2 Å². The fourth-order valence-corrected chi connectivity index (χ4v) is 2.38. The Hall–Kier alpha value is -1.16. The summed E-state index contributed by atoms with van der Waals surface area (Å²) in [5.74, 6) is 0. The first-order valence-corrected chi connectivity index (χ1v) is 6.94. The maximum atomic E-state index is 10.5. The molecule has 2 N–H and O–H groups in total. The summed E-state index contributed by atoms with van der Waals surface area (Å²) in [7, 11) is 0. The van der Waals surface area contributed by atoms with E-state index in [0.717, 1.165) is 21.2 Å². The van der Waals surface area contributed by atoms with Gasteiger partial charge in [-0.1, -0.05) is 52.3 Å². The third-order valence-corrected chi connectivity index (χ3v) is 3.63. The molecule has 1 atom stereocenters. The highest BCUT2D eigenvalue weighted by molar-refractivity contribution is 9.10. The number of hydrogen-bond acceptors (Lipinski definition) is 2. The molecule has 2 aromatic carbocycles. The lowest BCUT2D eigenvalue weighted by Crippen LogP contribution is -2.19. The first-order valence-electron chi connectivity index (χ1n) is 6.15. The molecule has 0 aliphatic rings. The van der Waals surface area contributed by atoms with Gasteiger partial charge in [-0.05, 0) is 42.7 Å². The maximum absolute atomic E-state index is 10.5. The normalized spacial score (nSPS) is 13.3. The zero-order chi connectivity index (χ0) is 14.0. The summed E-state index contributed by atoms with van der Waals surface area (Å²) in [5.41, 5.74) is 1.30. The van der Waals surface area contributed by atoms with Crippen LogP contribution in [0.5, 0.6) is 0 Å². The summed E-state index contributed by atoms with van der Waals surface area (Å²) in [5, 5.41) is 20.7. The third kappa shape index (κ3) is 3.24. The molecule has 0 fully saturated rings. The molecule has 1 unspecified atom stereocenters. The van der Waals surface area contributed by atoms with Gasteiger partial charge in [-0.2, -0.15) is 0 Å². The molecule has 3 heteroatoms. The second kappa shape index (κ2) is 5.45. The summed E-state index contributed by atoms with van der Waals surface area (Å²) < 4.78 is 0.972. The Labute approximate surface area is 121 Å². The molecule has 0 spiro atoms. The zero-order valence-electron chi connectivity index (χ0n) is 11.0. The van der Waals surface area contributed by atoms with Gasteiger partial charge in [0, 0.05) is 4.47 Å². The predicted molar refractivity (Wildman–Crippen MR) is 79.9 cm³/mol. The van der Waals surface area contributed by atoms with Crippen molar-refractivity contribution in [2.24, 2.45) is 0 Å². The van der Waals surface area contributed by atoms with Crippen LogP contribution in [0.2, 0.25) is 0 Å². The van der Waals surface area contributed by atoms with Crippen LogP contribution in [0.4, 0.5) is 0 Å². The van der Waals surface area contributed by atoms with E-state index in [0.29, 0.717) is 0 Å². The number of benzene rings is 2. The van der Waals surface area contributed by atoms with Gasteiger partial charge in [0.25, 0.3) is 0 Å². The van der Waals surface area contributed by atoms with E-state index in [9.17, 15) is 10.2 Å². The van der Waals surface area contributed by atoms with Crippen molar-refractivity contribution in [1.29, 1.82) is 0 Å². The number of aliphatic hydroxyl groups excluding tert-OH is 1. The number of hydrogen-bond donors (Lipinski definition) is 2. The monoisotopic (exact) mass is 320 g/mol. The minimum Gasteiger partial charge on any atom is -0.386 e. The molecule has 0 amide bonds. The Kier molecular flexibility index (Phi) is 4.09. The lowest BCUT2D eigenvalue weighted by molar-refractivity contribution is 0.0745. The van der Waals surface area contributed by atoms with Crippen LogP contribution >= 0.6 is 15.9 Å². The second-order valence-corrected chi connectivity index (χ2v) is 6.02. The minimum atomic E-state index is -0.979. The van der Waals surface area contributed by atoms with Crippen LogP contribution in [0.1, 0.15) is 36.6 Å². The van der Waals surface area contributed by atoms with Gasteiger partial charge in [0.15, 0.2) is 0 Å². The Balaban J connectivity index is 2.44. The summed E-state index contributed by atoms with van der Waals surface area (Å²) in [6.07, 6.45) is -0.740. The van der Waals surface area contributed by atoms with E-state index in [1.54, 1.807) is 13.8 Å². The van der Waals surface area contributed by atoms with Gasteiger partial charge >= 0.3 is 0 Å². The van der Waals surface area contributed by atoms with Crippen LogP contribution in [0.25, 0.3) is 0 Å². The van der Waals surface area contributed by atoms with Crippen molar-refractivity contribution in [3.8, 4) is 0 Å². The smallest absolute Gasteiger partial charge is 0.104 e. The molecule has 2 aromatic rings. The Morgan fingerprint density at radius 3 is 2.16 bits per heavy atom. The van der Waals surface area contributed by atoms with Crippen molar-refractivity contribution < 1.29 is 10.2 Å². The van der Waals surface area contributed by atoms with Crippen LogP contribution in [-0.2, 0) is 5.60 Å². The average Bonchev–Trinajstić information content (AvgIpc) is 2.38. The molecule has 0 aliphatic carbocycles. The molecular formula is C16H17BrO2. The Morgan fingerprint density at radius 2 is 1.58 bits per heavy atom. The molecule has 0 aromatic heterocycles. The van der Waals surface area contributed by atoms with Crippen LogP contribution in [0.3, 0.4) is 0 Å². The van der Waals surface area contributed by atoms with Crippen molar-refractivity contribution in [2.45, 2.75) is 25.6 Å². The average molecular weight is 321 g/mol. The first kappa shape index (κ1) is 14.3. The fourth-order valence-electron chi connectivity index (χ4n) is 2.12. The van der Waals surface area contributed by atoms with Crippen molar-refractivity contribution in [3.63, 3.8) is 0 Å². The van der Waals surface area contributed by atoms with Crippen molar-refractivity contribution in [3.05, 3.63) is 69.7 Å². The van der Waals surface area contributed by atoms with E-state index in [4.69, 9.17) is 0 Å². The Morgan fingerprint density at radius 1 is 1.00 bits per heavy atom. The van der Waals surface area contributed by atoms with Gasteiger partial charge in [0.1, 0.15) is 6.10 Å². The number of aliphatic hydroxyl groups is 2. The fraction of sp³-hybridized carbons (Fsp3) is 0.250. The molecule has 0 bridgehead atoms. The molecule has 0 heterocycles. The minimum absolute atomic E-state index is 0.734. The van der Waals surface area contributed by atoms with E-state index in [-0.39, 0.29) is 0 Å².